The van der Waals surface area contributed by atoms with Gasteiger partial charge in [0.1, 0.15) is 0 Å². The molecule has 0 fully saturated rings. The van der Waals surface area contributed by atoms with Gasteiger partial charge < -0.3 is 4.57 Å². The van der Waals surface area contributed by atoms with E-state index in [1.165, 1.54) is 16.7 Å². The number of hydrogen-bond donors (Lipinski definition) is 1. The maximum Gasteiger partial charge on any atom is 0.265 e. The summed E-state index contributed by atoms with van der Waals surface area (Å²) in [5.74, 6) is -0.715. The Labute approximate surface area is 143 Å². The molecular weight excluding hydrogens is 356 g/mol. The van der Waals surface area contributed by atoms with Crippen molar-refractivity contribution in [2.45, 2.75) is 34.6 Å². The van der Waals surface area contributed by atoms with Gasteiger partial charge in [0, 0.05) is 23.7 Å². The summed E-state index contributed by atoms with van der Waals surface area (Å²) >= 11 is 3.29. The highest BCUT2D eigenvalue weighted by atomic mass is 79.9. The standard InChI is InChI=1S/C18H19BrN2O2/c1-7-8(2)10(4)16-12(9(7)3)13(11(5)21(16)6)14-15(19)18(23)20-17(14)22/h1-6H3,(H,20,22,23). The number of benzene rings is 1. The van der Waals surface area contributed by atoms with Crippen molar-refractivity contribution in [3.05, 3.63) is 38.0 Å². The molecule has 2 aromatic rings. The number of fused-ring (bicyclic) bond motifs is 1. The monoisotopic (exact) mass is 374 g/mol. The summed E-state index contributed by atoms with van der Waals surface area (Å²) in [5.41, 5.74) is 8.24. The number of hydrogen-bond acceptors (Lipinski definition) is 2. The number of carbonyl (C=O) groups excluding carboxylic acids is 2. The van der Waals surface area contributed by atoms with Gasteiger partial charge in [-0.2, -0.15) is 0 Å². The number of imide groups is 1. The van der Waals surface area contributed by atoms with E-state index >= 15 is 0 Å². The number of nitrogens with one attached hydrogen (secondary N) is 1. The summed E-state index contributed by atoms with van der Waals surface area (Å²) < 4.78 is 2.43. The van der Waals surface area contributed by atoms with Crippen LogP contribution >= 0.6 is 15.9 Å². The molecule has 2 heterocycles. The number of aromatic nitrogens is 1. The van der Waals surface area contributed by atoms with Crippen LogP contribution in [-0.2, 0) is 16.6 Å². The molecule has 0 saturated carbocycles. The number of halogens is 1. The summed E-state index contributed by atoms with van der Waals surface area (Å²) in [5, 5.41) is 3.43. The number of carbonyl (C=O) groups is 2. The van der Waals surface area contributed by atoms with Crippen LogP contribution in [0.5, 0.6) is 0 Å². The molecule has 0 saturated heterocycles. The second-order valence-electron chi connectivity index (χ2n) is 6.22. The Morgan fingerprint density at radius 3 is 1.96 bits per heavy atom. The lowest BCUT2D eigenvalue weighted by molar-refractivity contribution is -0.123. The Morgan fingerprint density at radius 1 is 0.870 bits per heavy atom. The molecule has 1 aromatic carbocycles. The van der Waals surface area contributed by atoms with E-state index in [0.717, 1.165) is 27.7 Å². The molecule has 2 amide bonds. The molecule has 0 spiro atoms. The lowest BCUT2D eigenvalue weighted by atomic mass is 9.91. The Kier molecular flexibility index (Phi) is 3.52. The molecule has 1 aliphatic rings. The fourth-order valence-electron chi connectivity index (χ4n) is 3.50. The van der Waals surface area contributed by atoms with Crippen molar-refractivity contribution in [3.8, 4) is 0 Å². The van der Waals surface area contributed by atoms with Crippen molar-refractivity contribution < 1.29 is 9.59 Å². The molecule has 1 N–H and O–H groups in total. The van der Waals surface area contributed by atoms with Crippen LogP contribution in [0.3, 0.4) is 0 Å². The molecule has 1 aliphatic heterocycles. The molecular formula is C18H19BrN2O2. The summed E-state index contributed by atoms with van der Waals surface area (Å²) in [6.45, 7) is 10.4. The first-order valence-electron chi connectivity index (χ1n) is 7.49. The van der Waals surface area contributed by atoms with E-state index in [1.807, 2.05) is 14.0 Å². The van der Waals surface area contributed by atoms with Crippen LogP contribution in [0, 0.1) is 34.6 Å². The predicted molar refractivity (Wildman–Crippen MR) is 95.6 cm³/mol. The Morgan fingerprint density at radius 2 is 1.43 bits per heavy atom. The predicted octanol–water partition coefficient (Wildman–Crippen LogP) is 3.48. The largest absolute Gasteiger partial charge is 0.347 e. The molecule has 4 nitrogen and oxygen atoms in total. The fraction of sp³-hybridized carbons (Fsp3) is 0.333. The van der Waals surface area contributed by atoms with Gasteiger partial charge in [-0.25, -0.2) is 0 Å². The van der Waals surface area contributed by atoms with Crippen molar-refractivity contribution >= 4 is 44.2 Å². The molecule has 0 bridgehead atoms. The van der Waals surface area contributed by atoms with Gasteiger partial charge in [-0.1, -0.05) is 0 Å². The van der Waals surface area contributed by atoms with Crippen molar-refractivity contribution in [1.82, 2.24) is 9.88 Å². The topological polar surface area (TPSA) is 51.1 Å². The lowest BCUT2D eigenvalue weighted by Gasteiger charge is -2.13. The number of amides is 2. The van der Waals surface area contributed by atoms with Gasteiger partial charge in [-0.15, -0.1) is 0 Å². The van der Waals surface area contributed by atoms with Crippen molar-refractivity contribution in [1.29, 1.82) is 0 Å². The highest BCUT2D eigenvalue weighted by Gasteiger charge is 2.34. The Hall–Kier alpha value is -1.88. The molecule has 120 valence electrons. The van der Waals surface area contributed by atoms with E-state index in [2.05, 4.69) is 53.5 Å². The van der Waals surface area contributed by atoms with Crippen molar-refractivity contribution in [2.24, 2.45) is 7.05 Å². The smallest absolute Gasteiger partial charge is 0.265 e. The van der Waals surface area contributed by atoms with Crippen LogP contribution in [0.4, 0.5) is 0 Å². The first-order valence-corrected chi connectivity index (χ1v) is 8.28. The van der Waals surface area contributed by atoms with Gasteiger partial charge in [0.05, 0.1) is 15.6 Å². The third-order valence-corrected chi connectivity index (χ3v) is 5.98. The van der Waals surface area contributed by atoms with Gasteiger partial charge in [0.2, 0.25) is 0 Å². The van der Waals surface area contributed by atoms with Crippen LogP contribution in [0.15, 0.2) is 4.48 Å². The van der Waals surface area contributed by atoms with Gasteiger partial charge in [-0.05, 0) is 72.8 Å². The summed E-state index contributed by atoms with van der Waals surface area (Å²) in [6.07, 6.45) is 0. The molecule has 23 heavy (non-hydrogen) atoms. The number of rotatable bonds is 1. The molecule has 0 unspecified atom stereocenters. The molecule has 5 heteroatoms. The minimum absolute atomic E-state index is 0.313. The maximum absolute atomic E-state index is 12.3. The molecule has 0 atom stereocenters. The zero-order valence-electron chi connectivity index (χ0n) is 14.1. The quantitative estimate of drug-likeness (QED) is 0.776. The average molecular weight is 375 g/mol. The van der Waals surface area contributed by atoms with Crippen LogP contribution in [-0.4, -0.2) is 16.4 Å². The normalized spacial score (nSPS) is 15.1. The molecule has 1 aromatic heterocycles. The van der Waals surface area contributed by atoms with E-state index in [9.17, 15) is 9.59 Å². The highest BCUT2D eigenvalue weighted by molar-refractivity contribution is 9.12. The summed E-state index contributed by atoms with van der Waals surface area (Å²) in [6, 6.07) is 0. The van der Waals surface area contributed by atoms with Gasteiger partial charge in [0.15, 0.2) is 0 Å². The minimum Gasteiger partial charge on any atom is -0.347 e. The van der Waals surface area contributed by atoms with Gasteiger partial charge in [-0.3, -0.25) is 14.9 Å². The fourth-order valence-corrected chi connectivity index (χ4v) is 3.97. The van der Waals surface area contributed by atoms with E-state index < -0.39 is 0 Å². The van der Waals surface area contributed by atoms with Crippen LogP contribution < -0.4 is 5.32 Å². The van der Waals surface area contributed by atoms with Crippen LogP contribution in [0.25, 0.3) is 16.5 Å². The number of nitrogens with zero attached hydrogens (tertiary/aromatic N) is 1. The third kappa shape index (κ3) is 1.96. The van der Waals surface area contributed by atoms with Crippen molar-refractivity contribution in [3.63, 3.8) is 0 Å². The Bertz CT molecular complexity index is 948. The zero-order valence-corrected chi connectivity index (χ0v) is 15.7. The zero-order chi connectivity index (χ0) is 17.2. The summed E-state index contributed by atoms with van der Waals surface area (Å²) in [7, 11) is 2.01. The van der Waals surface area contributed by atoms with Crippen LogP contribution in [0.2, 0.25) is 0 Å². The second-order valence-corrected chi connectivity index (χ2v) is 7.01. The van der Waals surface area contributed by atoms with E-state index in [1.54, 1.807) is 0 Å². The van der Waals surface area contributed by atoms with Gasteiger partial charge in [0.25, 0.3) is 11.8 Å². The van der Waals surface area contributed by atoms with Crippen molar-refractivity contribution in [2.75, 3.05) is 0 Å². The molecule has 0 aliphatic carbocycles. The van der Waals surface area contributed by atoms with E-state index in [4.69, 9.17) is 0 Å². The highest BCUT2D eigenvalue weighted by Crippen LogP contribution is 2.40. The van der Waals surface area contributed by atoms with Crippen LogP contribution in [0.1, 0.15) is 33.5 Å². The Balaban J connectivity index is 2.57. The molecule has 3 rings (SSSR count). The maximum atomic E-state index is 12.3. The third-order valence-electron chi connectivity index (χ3n) is 5.23. The molecule has 0 radical (unpaired) electrons. The first-order chi connectivity index (χ1) is 10.7. The first kappa shape index (κ1) is 16.0. The average Bonchev–Trinajstić information content (AvgIpc) is 2.90. The van der Waals surface area contributed by atoms with E-state index in [-0.39, 0.29) is 11.8 Å². The van der Waals surface area contributed by atoms with Gasteiger partial charge >= 0.3 is 0 Å². The summed E-state index contributed by atoms with van der Waals surface area (Å²) in [4.78, 5) is 24.2. The minimum atomic E-state index is -0.375. The second kappa shape index (κ2) is 5.06. The SMILES string of the molecule is Cc1c(C)c(C)c2c(c1C)c(C1=C(Br)C(=O)NC1=O)c(C)n2C. The number of aryl methyl sites for hydroxylation is 3. The van der Waals surface area contributed by atoms with E-state index in [0.29, 0.717) is 10.1 Å². The lowest BCUT2D eigenvalue weighted by Crippen LogP contribution is -2.22.